The van der Waals surface area contributed by atoms with E-state index in [1.54, 1.807) is 0 Å². The molecule has 0 saturated carbocycles. The van der Waals surface area contributed by atoms with Gasteiger partial charge in [-0.15, -0.1) is 0 Å². The number of aromatic nitrogens is 2. The fourth-order valence-electron chi connectivity index (χ4n) is 2.33. The Morgan fingerprint density at radius 3 is 2.52 bits per heavy atom. The predicted molar refractivity (Wildman–Crippen MR) is 88.3 cm³/mol. The van der Waals surface area contributed by atoms with E-state index in [4.69, 9.17) is 0 Å². The Kier molecular flexibility index (Phi) is 3.44. The number of fused-ring (bicyclic) bond motifs is 1. The zero-order valence-electron chi connectivity index (χ0n) is 12.4. The molecule has 0 saturated heterocycles. The molecule has 4 nitrogen and oxygen atoms in total. The maximum absolute atomic E-state index is 4.59. The predicted octanol–water partition coefficient (Wildman–Crippen LogP) is 4.03. The van der Waals surface area contributed by atoms with E-state index in [0.29, 0.717) is 5.95 Å². The van der Waals surface area contributed by atoms with Crippen LogP contribution in [0.3, 0.4) is 0 Å². The Morgan fingerprint density at radius 2 is 1.71 bits per heavy atom. The minimum Gasteiger partial charge on any atom is -0.372 e. The third kappa shape index (κ3) is 2.52. The van der Waals surface area contributed by atoms with Gasteiger partial charge in [-0.25, -0.2) is 4.98 Å². The molecule has 0 aliphatic rings. The van der Waals surface area contributed by atoms with Crippen molar-refractivity contribution in [3.05, 3.63) is 53.6 Å². The second-order valence-electron chi connectivity index (χ2n) is 5.04. The van der Waals surface area contributed by atoms with Gasteiger partial charge in [-0.2, -0.15) is 4.98 Å². The minimum absolute atomic E-state index is 0.603. The number of rotatable bonds is 3. The number of hydrogen-bond donors (Lipinski definition) is 2. The van der Waals surface area contributed by atoms with Crippen LogP contribution in [-0.4, -0.2) is 17.0 Å². The van der Waals surface area contributed by atoms with Gasteiger partial charge in [0.15, 0.2) is 0 Å². The molecule has 1 aromatic heterocycles. The van der Waals surface area contributed by atoms with Crippen molar-refractivity contribution < 1.29 is 0 Å². The van der Waals surface area contributed by atoms with Gasteiger partial charge in [-0.1, -0.05) is 24.3 Å². The number of benzene rings is 2. The van der Waals surface area contributed by atoms with Crippen molar-refractivity contribution in [2.45, 2.75) is 13.8 Å². The van der Waals surface area contributed by atoms with Gasteiger partial charge in [0, 0.05) is 18.1 Å². The van der Waals surface area contributed by atoms with Gasteiger partial charge in [-0.05, 0) is 43.2 Å². The Labute approximate surface area is 124 Å². The van der Waals surface area contributed by atoms with Crippen LogP contribution in [0.2, 0.25) is 0 Å². The van der Waals surface area contributed by atoms with Crippen LogP contribution >= 0.6 is 0 Å². The lowest BCUT2D eigenvalue weighted by Crippen LogP contribution is -2.03. The van der Waals surface area contributed by atoms with Gasteiger partial charge in [0.2, 0.25) is 5.95 Å². The van der Waals surface area contributed by atoms with E-state index in [1.165, 1.54) is 11.1 Å². The average Bonchev–Trinajstić information content (AvgIpc) is 2.51. The molecule has 0 spiro atoms. The normalized spacial score (nSPS) is 10.6. The molecule has 106 valence electrons. The summed E-state index contributed by atoms with van der Waals surface area (Å²) >= 11 is 0. The van der Waals surface area contributed by atoms with Crippen LogP contribution in [0, 0.1) is 13.8 Å². The monoisotopic (exact) mass is 278 g/mol. The van der Waals surface area contributed by atoms with Crippen LogP contribution in [0.4, 0.5) is 17.5 Å². The second kappa shape index (κ2) is 5.40. The summed E-state index contributed by atoms with van der Waals surface area (Å²) in [5, 5.41) is 7.47. The third-order valence-corrected chi connectivity index (χ3v) is 3.69. The summed E-state index contributed by atoms with van der Waals surface area (Å²) in [6.07, 6.45) is 0. The number of anilines is 3. The zero-order chi connectivity index (χ0) is 14.8. The summed E-state index contributed by atoms with van der Waals surface area (Å²) in [7, 11) is 1.87. The van der Waals surface area contributed by atoms with Crippen molar-refractivity contribution >= 4 is 28.4 Å². The lowest BCUT2D eigenvalue weighted by Gasteiger charge is -2.12. The Bertz CT molecular complexity index is 796. The van der Waals surface area contributed by atoms with Crippen molar-refractivity contribution in [3.8, 4) is 0 Å². The van der Waals surface area contributed by atoms with Gasteiger partial charge in [-0.3, -0.25) is 0 Å². The largest absolute Gasteiger partial charge is 0.372 e. The van der Waals surface area contributed by atoms with Crippen LogP contribution in [-0.2, 0) is 0 Å². The highest BCUT2D eigenvalue weighted by Crippen LogP contribution is 2.25. The molecule has 0 aliphatic carbocycles. The molecule has 21 heavy (non-hydrogen) atoms. The third-order valence-electron chi connectivity index (χ3n) is 3.69. The van der Waals surface area contributed by atoms with E-state index in [1.807, 2.05) is 43.4 Å². The molecule has 0 aliphatic heterocycles. The number of hydrogen-bond acceptors (Lipinski definition) is 4. The molecule has 0 bridgehead atoms. The van der Waals surface area contributed by atoms with E-state index >= 15 is 0 Å². The highest BCUT2D eigenvalue weighted by molar-refractivity contribution is 5.90. The minimum atomic E-state index is 0.603. The summed E-state index contributed by atoms with van der Waals surface area (Å²) in [4.78, 5) is 9.14. The first kappa shape index (κ1) is 13.4. The maximum Gasteiger partial charge on any atom is 0.229 e. The molecule has 0 atom stereocenters. The first-order valence-corrected chi connectivity index (χ1v) is 6.97. The molecular formula is C17H18N4. The summed E-state index contributed by atoms with van der Waals surface area (Å²) in [5.41, 5.74) is 4.41. The first-order chi connectivity index (χ1) is 10.2. The van der Waals surface area contributed by atoms with Crippen molar-refractivity contribution in [2.75, 3.05) is 17.7 Å². The Morgan fingerprint density at radius 1 is 0.905 bits per heavy atom. The Hall–Kier alpha value is -2.62. The summed E-state index contributed by atoms with van der Waals surface area (Å²) in [5.74, 6) is 1.43. The van der Waals surface area contributed by atoms with Crippen LogP contribution in [0.15, 0.2) is 42.5 Å². The second-order valence-corrected chi connectivity index (χ2v) is 5.04. The first-order valence-electron chi connectivity index (χ1n) is 6.97. The number of nitrogens with one attached hydrogen (secondary N) is 2. The number of nitrogens with zero attached hydrogens (tertiary/aromatic N) is 2. The molecule has 2 N–H and O–H groups in total. The summed E-state index contributed by atoms with van der Waals surface area (Å²) in [6, 6.07) is 14.2. The summed E-state index contributed by atoms with van der Waals surface area (Å²) in [6.45, 7) is 4.19. The highest BCUT2D eigenvalue weighted by atomic mass is 15.1. The van der Waals surface area contributed by atoms with E-state index < -0.39 is 0 Å². The molecule has 3 rings (SSSR count). The Balaban J connectivity index is 2.07. The molecule has 0 fully saturated rings. The molecule has 3 aromatic rings. The van der Waals surface area contributed by atoms with Gasteiger partial charge >= 0.3 is 0 Å². The van der Waals surface area contributed by atoms with Crippen LogP contribution in [0.5, 0.6) is 0 Å². The SMILES string of the molecule is CNc1nc(Nc2cccc(C)c2C)nc2ccccc12. The lowest BCUT2D eigenvalue weighted by atomic mass is 10.1. The quantitative estimate of drug-likeness (QED) is 0.759. The molecule has 0 amide bonds. The highest BCUT2D eigenvalue weighted by Gasteiger charge is 2.08. The molecule has 0 unspecified atom stereocenters. The molecule has 2 aromatic carbocycles. The van der Waals surface area contributed by atoms with E-state index in [9.17, 15) is 0 Å². The molecule has 4 heteroatoms. The van der Waals surface area contributed by atoms with E-state index in [2.05, 4.69) is 40.5 Å². The van der Waals surface area contributed by atoms with Crippen LogP contribution in [0.1, 0.15) is 11.1 Å². The van der Waals surface area contributed by atoms with E-state index in [-0.39, 0.29) is 0 Å². The standard InChI is InChI=1S/C17H18N4/c1-11-7-6-10-14(12(11)2)19-17-20-15-9-5-4-8-13(15)16(18-3)21-17/h4-10H,1-3H3,(H2,18,19,20,21). The van der Waals surface area contributed by atoms with E-state index in [0.717, 1.165) is 22.4 Å². The average molecular weight is 278 g/mol. The van der Waals surface area contributed by atoms with Gasteiger partial charge in [0.25, 0.3) is 0 Å². The smallest absolute Gasteiger partial charge is 0.229 e. The van der Waals surface area contributed by atoms with Gasteiger partial charge in [0.05, 0.1) is 5.52 Å². The van der Waals surface area contributed by atoms with Gasteiger partial charge in [0.1, 0.15) is 5.82 Å². The van der Waals surface area contributed by atoms with Crippen LogP contribution < -0.4 is 10.6 Å². The molecule has 1 heterocycles. The van der Waals surface area contributed by atoms with Crippen molar-refractivity contribution in [3.63, 3.8) is 0 Å². The lowest BCUT2D eigenvalue weighted by molar-refractivity contribution is 1.19. The summed E-state index contributed by atoms with van der Waals surface area (Å²) < 4.78 is 0. The molecular weight excluding hydrogens is 260 g/mol. The zero-order valence-corrected chi connectivity index (χ0v) is 12.4. The van der Waals surface area contributed by atoms with Crippen molar-refractivity contribution in [2.24, 2.45) is 0 Å². The number of para-hydroxylation sites is 1. The topological polar surface area (TPSA) is 49.8 Å². The molecule has 0 radical (unpaired) electrons. The van der Waals surface area contributed by atoms with Gasteiger partial charge < -0.3 is 10.6 Å². The number of aryl methyl sites for hydroxylation is 1. The van der Waals surface area contributed by atoms with Crippen LogP contribution in [0.25, 0.3) is 10.9 Å². The van der Waals surface area contributed by atoms with Crippen molar-refractivity contribution in [1.82, 2.24) is 9.97 Å². The maximum atomic E-state index is 4.59. The van der Waals surface area contributed by atoms with Crippen molar-refractivity contribution in [1.29, 1.82) is 0 Å². The fourth-order valence-corrected chi connectivity index (χ4v) is 2.33. The fraction of sp³-hybridized carbons (Fsp3) is 0.176.